The van der Waals surface area contributed by atoms with Gasteiger partial charge in [0, 0.05) is 23.2 Å². The molecule has 1 aromatic heterocycles. The number of carbonyl (C=O) groups is 1. The SMILES string of the molecule is C=CCN(Cc1nc(-c2ccccc2)no1)C(=O)c1ccc(Cl)cc1[N+](=O)[O-]. The molecule has 0 saturated carbocycles. The molecular weight excluding hydrogens is 384 g/mol. The summed E-state index contributed by atoms with van der Waals surface area (Å²) >= 11 is 5.82. The van der Waals surface area contributed by atoms with Crippen molar-refractivity contribution < 1.29 is 14.2 Å². The lowest BCUT2D eigenvalue weighted by Gasteiger charge is -2.19. The molecule has 9 heteroatoms. The fourth-order valence-corrected chi connectivity index (χ4v) is 2.74. The lowest BCUT2D eigenvalue weighted by Crippen LogP contribution is -2.31. The zero-order valence-corrected chi connectivity index (χ0v) is 15.4. The molecule has 0 aliphatic heterocycles. The van der Waals surface area contributed by atoms with Crippen molar-refractivity contribution in [1.82, 2.24) is 15.0 Å². The number of benzene rings is 2. The van der Waals surface area contributed by atoms with Gasteiger partial charge in [0.25, 0.3) is 11.6 Å². The minimum absolute atomic E-state index is 0.0233. The zero-order chi connectivity index (χ0) is 20.1. The van der Waals surface area contributed by atoms with Gasteiger partial charge in [-0.1, -0.05) is 53.2 Å². The maximum atomic E-state index is 12.9. The number of nitro groups is 1. The van der Waals surface area contributed by atoms with Crippen LogP contribution >= 0.6 is 11.6 Å². The molecule has 0 bridgehead atoms. The summed E-state index contributed by atoms with van der Waals surface area (Å²) in [5, 5.41) is 15.4. The first-order valence-electron chi connectivity index (χ1n) is 8.21. The molecule has 0 atom stereocenters. The van der Waals surface area contributed by atoms with Crippen molar-refractivity contribution in [2.24, 2.45) is 0 Å². The molecule has 3 rings (SSSR count). The third kappa shape index (κ3) is 4.24. The summed E-state index contributed by atoms with van der Waals surface area (Å²) in [4.78, 5) is 29.2. The molecule has 0 N–H and O–H groups in total. The van der Waals surface area contributed by atoms with Crippen molar-refractivity contribution in [2.45, 2.75) is 6.54 Å². The molecular formula is C19H15ClN4O4. The first-order valence-corrected chi connectivity index (χ1v) is 8.59. The maximum absolute atomic E-state index is 12.9. The molecule has 0 radical (unpaired) electrons. The summed E-state index contributed by atoms with van der Waals surface area (Å²) in [6.45, 7) is 3.74. The summed E-state index contributed by atoms with van der Waals surface area (Å²) in [6, 6.07) is 13.1. The van der Waals surface area contributed by atoms with Gasteiger partial charge in [-0.05, 0) is 12.1 Å². The van der Waals surface area contributed by atoms with Gasteiger partial charge in [-0.3, -0.25) is 14.9 Å². The maximum Gasteiger partial charge on any atom is 0.283 e. The molecule has 1 heterocycles. The quantitative estimate of drug-likeness (QED) is 0.337. The van der Waals surface area contributed by atoms with Crippen LogP contribution in [0, 0.1) is 10.1 Å². The van der Waals surface area contributed by atoms with E-state index in [1.807, 2.05) is 30.3 Å². The molecule has 0 spiro atoms. The van der Waals surface area contributed by atoms with Gasteiger partial charge in [-0.15, -0.1) is 6.58 Å². The summed E-state index contributed by atoms with van der Waals surface area (Å²) in [5.41, 5.74) is 0.313. The second-order valence-corrected chi connectivity index (χ2v) is 6.21. The van der Waals surface area contributed by atoms with Crippen molar-refractivity contribution in [2.75, 3.05) is 6.54 Å². The van der Waals surface area contributed by atoms with E-state index in [1.54, 1.807) is 0 Å². The Morgan fingerprint density at radius 1 is 1.29 bits per heavy atom. The van der Waals surface area contributed by atoms with Gasteiger partial charge >= 0.3 is 0 Å². The summed E-state index contributed by atoms with van der Waals surface area (Å²) in [7, 11) is 0. The van der Waals surface area contributed by atoms with Crippen LogP contribution < -0.4 is 0 Å². The van der Waals surface area contributed by atoms with Crippen LogP contribution in [0.4, 0.5) is 5.69 Å². The van der Waals surface area contributed by atoms with E-state index >= 15 is 0 Å². The number of hydrogen-bond acceptors (Lipinski definition) is 6. The van der Waals surface area contributed by atoms with Gasteiger partial charge in [-0.25, -0.2) is 0 Å². The average Bonchev–Trinajstić information content (AvgIpc) is 3.16. The van der Waals surface area contributed by atoms with E-state index in [4.69, 9.17) is 16.1 Å². The number of rotatable bonds is 7. The second-order valence-electron chi connectivity index (χ2n) is 5.77. The van der Waals surface area contributed by atoms with Crippen LogP contribution in [0.25, 0.3) is 11.4 Å². The Kier molecular flexibility index (Phi) is 5.81. The summed E-state index contributed by atoms with van der Waals surface area (Å²) < 4.78 is 5.23. The van der Waals surface area contributed by atoms with Gasteiger partial charge in [0.15, 0.2) is 0 Å². The van der Waals surface area contributed by atoms with Crippen LogP contribution in [0.3, 0.4) is 0 Å². The van der Waals surface area contributed by atoms with E-state index < -0.39 is 10.8 Å². The van der Waals surface area contributed by atoms with Crippen LogP contribution in [0.5, 0.6) is 0 Å². The Morgan fingerprint density at radius 2 is 2.04 bits per heavy atom. The second kappa shape index (κ2) is 8.45. The highest BCUT2D eigenvalue weighted by Crippen LogP contribution is 2.25. The number of aromatic nitrogens is 2. The Bertz CT molecular complexity index is 1020. The van der Waals surface area contributed by atoms with Crippen LogP contribution in [-0.2, 0) is 6.54 Å². The van der Waals surface area contributed by atoms with E-state index in [-0.39, 0.29) is 35.3 Å². The number of nitro benzene ring substituents is 1. The molecule has 8 nitrogen and oxygen atoms in total. The third-order valence-corrected chi connectivity index (χ3v) is 4.08. The Labute approximate surface area is 165 Å². The Hall–Kier alpha value is -3.52. The van der Waals surface area contributed by atoms with Gasteiger partial charge in [0.1, 0.15) is 12.1 Å². The minimum atomic E-state index is -0.647. The van der Waals surface area contributed by atoms with Gasteiger partial charge in [0.05, 0.1) is 4.92 Å². The lowest BCUT2D eigenvalue weighted by atomic mass is 10.1. The van der Waals surface area contributed by atoms with Gasteiger partial charge in [-0.2, -0.15) is 4.98 Å². The number of halogens is 1. The zero-order valence-electron chi connectivity index (χ0n) is 14.6. The fourth-order valence-electron chi connectivity index (χ4n) is 2.57. The predicted molar refractivity (Wildman–Crippen MR) is 103 cm³/mol. The summed E-state index contributed by atoms with van der Waals surface area (Å²) in [6.07, 6.45) is 1.51. The predicted octanol–water partition coefficient (Wildman–Crippen LogP) is 4.13. The van der Waals surface area contributed by atoms with Gasteiger partial charge in [0.2, 0.25) is 11.7 Å². The number of carbonyl (C=O) groups excluding carboxylic acids is 1. The van der Waals surface area contributed by atoms with Crippen molar-refractivity contribution in [3.8, 4) is 11.4 Å². The lowest BCUT2D eigenvalue weighted by molar-refractivity contribution is -0.385. The highest BCUT2D eigenvalue weighted by Gasteiger charge is 2.26. The molecule has 0 fully saturated rings. The molecule has 0 saturated heterocycles. The molecule has 0 aliphatic carbocycles. The smallest absolute Gasteiger partial charge is 0.283 e. The highest BCUT2D eigenvalue weighted by molar-refractivity contribution is 6.31. The molecule has 1 amide bonds. The number of amides is 1. The minimum Gasteiger partial charge on any atom is -0.337 e. The first-order chi connectivity index (χ1) is 13.5. The van der Waals surface area contributed by atoms with Crippen LogP contribution in [0.1, 0.15) is 16.2 Å². The van der Waals surface area contributed by atoms with Crippen molar-refractivity contribution in [3.63, 3.8) is 0 Å². The van der Waals surface area contributed by atoms with Crippen LogP contribution in [0.2, 0.25) is 5.02 Å². The molecule has 2 aromatic carbocycles. The van der Waals surface area contributed by atoms with Crippen molar-refractivity contribution >= 4 is 23.2 Å². The van der Waals surface area contributed by atoms with Crippen LogP contribution in [0.15, 0.2) is 65.7 Å². The molecule has 0 unspecified atom stereocenters. The van der Waals surface area contributed by atoms with E-state index in [0.29, 0.717) is 5.82 Å². The molecule has 28 heavy (non-hydrogen) atoms. The largest absolute Gasteiger partial charge is 0.337 e. The van der Waals surface area contributed by atoms with Crippen LogP contribution in [-0.4, -0.2) is 32.4 Å². The van der Waals surface area contributed by atoms with Crippen molar-refractivity contribution in [1.29, 1.82) is 0 Å². The fraction of sp³-hybridized carbons (Fsp3) is 0.105. The monoisotopic (exact) mass is 398 g/mol. The van der Waals surface area contributed by atoms with E-state index in [0.717, 1.165) is 11.6 Å². The van der Waals surface area contributed by atoms with Gasteiger partial charge < -0.3 is 9.42 Å². The molecule has 3 aromatic rings. The van der Waals surface area contributed by atoms with E-state index in [9.17, 15) is 14.9 Å². The number of nitrogens with zero attached hydrogens (tertiary/aromatic N) is 4. The summed E-state index contributed by atoms with van der Waals surface area (Å²) in [5.74, 6) is 0.0208. The Morgan fingerprint density at radius 3 is 2.71 bits per heavy atom. The van der Waals surface area contributed by atoms with Crippen molar-refractivity contribution in [3.05, 3.63) is 87.8 Å². The average molecular weight is 399 g/mol. The van der Waals surface area contributed by atoms with E-state index in [2.05, 4.69) is 16.7 Å². The normalized spacial score (nSPS) is 10.5. The standard InChI is InChI=1S/C19H15ClN4O4/c1-2-10-23(19(25)15-9-8-14(20)11-16(15)24(26)27)12-17-21-18(22-28-17)13-6-4-3-5-7-13/h2-9,11H,1,10,12H2. The first kappa shape index (κ1) is 19.2. The third-order valence-electron chi connectivity index (χ3n) is 3.85. The Balaban J connectivity index is 1.87. The number of hydrogen-bond donors (Lipinski definition) is 0. The molecule has 142 valence electrons. The molecule has 0 aliphatic rings. The topological polar surface area (TPSA) is 102 Å². The van der Waals surface area contributed by atoms with E-state index in [1.165, 1.54) is 23.1 Å². The highest BCUT2D eigenvalue weighted by atomic mass is 35.5.